The van der Waals surface area contributed by atoms with Crippen molar-refractivity contribution in [3.63, 3.8) is 0 Å². The van der Waals surface area contributed by atoms with Crippen LogP contribution in [0.15, 0.2) is 36.7 Å². The van der Waals surface area contributed by atoms with Crippen molar-refractivity contribution in [3.8, 4) is 0 Å². The number of nitrogens with one attached hydrogen (secondary N) is 2. The van der Waals surface area contributed by atoms with Gasteiger partial charge in [0.15, 0.2) is 6.29 Å². The molecule has 1 aromatic carbocycles. The zero-order valence-electron chi connectivity index (χ0n) is 10.2. The maximum absolute atomic E-state index is 10.9. The molecule has 0 radical (unpaired) electrons. The normalized spacial score (nSPS) is 10.9. The summed E-state index contributed by atoms with van der Waals surface area (Å²) in [6.07, 6.45) is 5.24. The monoisotopic (exact) mass is 238 g/mol. The summed E-state index contributed by atoms with van der Waals surface area (Å²) in [6, 6.07) is 8.39. The highest BCUT2D eigenvalue weighted by Crippen LogP contribution is 2.21. The van der Waals surface area contributed by atoms with Crippen LogP contribution in [0.2, 0.25) is 0 Å². The number of para-hydroxylation sites is 1. The molecule has 0 bridgehead atoms. The van der Waals surface area contributed by atoms with Crippen molar-refractivity contribution in [3.05, 3.63) is 59.0 Å². The smallest absolute Gasteiger partial charge is 0.151 e. The number of H-pyrrole nitrogens is 2. The van der Waals surface area contributed by atoms with Crippen LogP contribution in [0.25, 0.3) is 10.9 Å². The van der Waals surface area contributed by atoms with Crippen molar-refractivity contribution in [1.82, 2.24) is 9.97 Å². The van der Waals surface area contributed by atoms with Crippen LogP contribution in [0, 0.1) is 6.92 Å². The summed E-state index contributed by atoms with van der Waals surface area (Å²) >= 11 is 0. The minimum absolute atomic E-state index is 0.727. The molecule has 3 nitrogen and oxygen atoms in total. The zero-order chi connectivity index (χ0) is 12.5. The topological polar surface area (TPSA) is 48.6 Å². The second kappa shape index (κ2) is 4.18. The average molecular weight is 238 g/mol. The Balaban J connectivity index is 2.00. The lowest BCUT2D eigenvalue weighted by Gasteiger charge is -1.96. The van der Waals surface area contributed by atoms with E-state index in [1.807, 2.05) is 6.20 Å². The van der Waals surface area contributed by atoms with Crippen molar-refractivity contribution in [2.45, 2.75) is 13.3 Å². The fraction of sp³-hybridized carbons (Fsp3) is 0.133. The first-order valence-electron chi connectivity index (χ1n) is 5.96. The van der Waals surface area contributed by atoms with Crippen LogP contribution >= 0.6 is 0 Å². The lowest BCUT2D eigenvalue weighted by molar-refractivity contribution is 0.112. The highest BCUT2D eigenvalue weighted by molar-refractivity contribution is 5.83. The number of carbonyl (C=O) groups is 1. The highest BCUT2D eigenvalue weighted by Gasteiger charge is 2.07. The van der Waals surface area contributed by atoms with E-state index in [1.165, 1.54) is 16.5 Å². The number of aromatic nitrogens is 2. The minimum atomic E-state index is 0.727. The van der Waals surface area contributed by atoms with Gasteiger partial charge in [0.05, 0.1) is 0 Å². The SMILES string of the molecule is Cc1cccc2cc(Cc3c[nH]cc3C=O)[nH]c12. The van der Waals surface area contributed by atoms with Gasteiger partial charge in [-0.3, -0.25) is 4.79 Å². The van der Waals surface area contributed by atoms with Crippen LogP contribution < -0.4 is 0 Å². The second-order valence-corrected chi connectivity index (χ2v) is 4.56. The number of rotatable bonds is 3. The number of benzene rings is 1. The van der Waals surface area contributed by atoms with Crippen LogP contribution in [0.3, 0.4) is 0 Å². The summed E-state index contributed by atoms with van der Waals surface area (Å²) in [5.74, 6) is 0. The van der Waals surface area contributed by atoms with Gasteiger partial charge in [-0.15, -0.1) is 0 Å². The van der Waals surface area contributed by atoms with Gasteiger partial charge in [-0.25, -0.2) is 0 Å². The molecular weight excluding hydrogens is 224 g/mol. The number of hydrogen-bond acceptors (Lipinski definition) is 1. The Morgan fingerprint density at radius 1 is 1.28 bits per heavy atom. The molecule has 2 N–H and O–H groups in total. The van der Waals surface area contributed by atoms with Gasteiger partial charge in [0.2, 0.25) is 0 Å². The van der Waals surface area contributed by atoms with Gasteiger partial charge in [-0.05, 0) is 29.5 Å². The molecule has 90 valence electrons. The van der Waals surface area contributed by atoms with Crippen LogP contribution in [-0.4, -0.2) is 16.3 Å². The van der Waals surface area contributed by atoms with E-state index in [0.717, 1.165) is 29.5 Å². The molecular formula is C15H14N2O. The van der Waals surface area contributed by atoms with E-state index >= 15 is 0 Å². The largest absolute Gasteiger partial charge is 0.367 e. The molecule has 0 aliphatic heterocycles. The lowest BCUT2D eigenvalue weighted by atomic mass is 10.1. The molecule has 3 aromatic rings. The summed E-state index contributed by atoms with van der Waals surface area (Å²) in [5.41, 5.74) is 5.29. The van der Waals surface area contributed by atoms with Gasteiger partial charge in [-0.1, -0.05) is 18.2 Å². The Morgan fingerprint density at radius 2 is 2.17 bits per heavy atom. The maximum Gasteiger partial charge on any atom is 0.151 e. The number of aryl methyl sites for hydroxylation is 1. The summed E-state index contributed by atoms with van der Waals surface area (Å²) in [6.45, 7) is 2.09. The number of aromatic amines is 2. The molecule has 18 heavy (non-hydrogen) atoms. The second-order valence-electron chi connectivity index (χ2n) is 4.56. The van der Waals surface area contributed by atoms with E-state index in [9.17, 15) is 4.79 Å². The van der Waals surface area contributed by atoms with Gasteiger partial charge in [-0.2, -0.15) is 0 Å². The molecule has 3 rings (SSSR count). The molecule has 0 atom stereocenters. The Bertz CT molecular complexity index is 706. The quantitative estimate of drug-likeness (QED) is 0.676. The van der Waals surface area contributed by atoms with Crippen molar-refractivity contribution in [2.24, 2.45) is 0 Å². The number of carbonyl (C=O) groups excluding carboxylic acids is 1. The highest BCUT2D eigenvalue weighted by atomic mass is 16.1. The van der Waals surface area contributed by atoms with E-state index < -0.39 is 0 Å². The van der Waals surface area contributed by atoms with Gasteiger partial charge in [0.1, 0.15) is 0 Å². The predicted molar refractivity (Wildman–Crippen MR) is 72.0 cm³/mol. The summed E-state index contributed by atoms with van der Waals surface area (Å²) in [4.78, 5) is 17.3. The average Bonchev–Trinajstić information content (AvgIpc) is 2.96. The Labute approximate surface area is 105 Å². The lowest BCUT2D eigenvalue weighted by Crippen LogP contribution is -1.90. The minimum Gasteiger partial charge on any atom is -0.367 e. The Morgan fingerprint density at radius 3 is 2.94 bits per heavy atom. The maximum atomic E-state index is 10.9. The molecule has 0 aliphatic carbocycles. The fourth-order valence-electron chi connectivity index (χ4n) is 2.34. The van der Waals surface area contributed by atoms with Crippen LogP contribution in [0.4, 0.5) is 0 Å². The number of hydrogen-bond donors (Lipinski definition) is 2. The third kappa shape index (κ3) is 1.74. The van der Waals surface area contributed by atoms with Gasteiger partial charge < -0.3 is 9.97 Å². The fourth-order valence-corrected chi connectivity index (χ4v) is 2.34. The molecule has 0 spiro atoms. The number of fused-ring (bicyclic) bond motifs is 1. The molecule has 2 heterocycles. The molecule has 0 saturated heterocycles. The van der Waals surface area contributed by atoms with Crippen LogP contribution in [0.1, 0.15) is 27.2 Å². The van der Waals surface area contributed by atoms with Crippen molar-refractivity contribution >= 4 is 17.2 Å². The summed E-state index contributed by atoms with van der Waals surface area (Å²) in [7, 11) is 0. The number of aldehydes is 1. The Hall–Kier alpha value is -2.29. The molecule has 0 amide bonds. The molecule has 0 unspecified atom stereocenters. The Kier molecular flexibility index (Phi) is 2.52. The van der Waals surface area contributed by atoms with Crippen LogP contribution in [-0.2, 0) is 6.42 Å². The van der Waals surface area contributed by atoms with E-state index in [0.29, 0.717) is 0 Å². The van der Waals surface area contributed by atoms with Gasteiger partial charge >= 0.3 is 0 Å². The molecule has 0 fully saturated rings. The van der Waals surface area contributed by atoms with E-state index in [4.69, 9.17) is 0 Å². The molecule has 0 aliphatic rings. The van der Waals surface area contributed by atoms with E-state index in [-0.39, 0.29) is 0 Å². The van der Waals surface area contributed by atoms with E-state index in [1.54, 1.807) is 6.20 Å². The first-order chi connectivity index (χ1) is 8.78. The van der Waals surface area contributed by atoms with Gasteiger partial charge in [0.25, 0.3) is 0 Å². The van der Waals surface area contributed by atoms with Crippen molar-refractivity contribution in [2.75, 3.05) is 0 Å². The van der Waals surface area contributed by atoms with Crippen molar-refractivity contribution in [1.29, 1.82) is 0 Å². The first kappa shape index (κ1) is 10.8. The summed E-state index contributed by atoms with van der Waals surface area (Å²) in [5, 5.41) is 1.22. The van der Waals surface area contributed by atoms with Crippen molar-refractivity contribution < 1.29 is 4.79 Å². The van der Waals surface area contributed by atoms with Gasteiger partial charge in [0, 0.05) is 35.6 Å². The third-order valence-electron chi connectivity index (χ3n) is 3.30. The molecule has 0 saturated carbocycles. The summed E-state index contributed by atoms with van der Waals surface area (Å²) < 4.78 is 0. The third-order valence-corrected chi connectivity index (χ3v) is 3.30. The predicted octanol–water partition coefficient (Wildman–Crippen LogP) is 3.21. The first-order valence-corrected chi connectivity index (χ1v) is 5.96. The standard InChI is InChI=1S/C15H14N2O/c1-10-3-2-4-11-5-14(17-15(10)11)6-12-7-16-8-13(12)9-18/h2-5,7-9,16-17H,6H2,1H3. The molecule has 2 aromatic heterocycles. The molecule has 3 heteroatoms. The van der Waals surface area contributed by atoms with E-state index in [2.05, 4.69) is 41.2 Å². The van der Waals surface area contributed by atoms with Crippen LogP contribution in [0.5, 0.6) is 0 Å². The zero-order valence-corrected chi connectivity index (χ0v) is 10.2.